The Morgan fingerprint density at radius 2 is 1.92 bits per heavy atom. The van der Waals surface area contributed by atoms with Gasteiger partial charge in [0.05, 0.1) is 12.0 Å². The third kappa shape index (κ3) is 5.45. The molecule has 2 amide bonds. The van der Waals surface area contributed by atoms with Gasteiger partial charge >= 0.3 is 6.03 Å². The fourth-order valence-corrected chi connectivity index (χ4v) is 2.70. The summed E-state index contributed by atoms with van der Waals surface area (Å²) < 4.78 is 1.53. The van der Waals surface area contributed by atoms with Gasteiger partial charge in [0, 0.05) is 31.6 Å². The zero-order valence-corrected chi connectivity index (χ0v) is 14.3. The SMILES string of the molecule is O=C(NCCCc1ccccc1)NCCn1cnc(C2CC2)cc1=O. The number of nitrogens with one attached hydrogen (secondary N) is 2. The lowest BCUT2D eigenvalue weighted by Gasteiger charge is -2.09. The van der Waals surface area contributed by atoms with Crippen LogP contribution in [0.2, 0.25) is 0 Å². The van der Waals surface area contributed by atoms with E-state index in [0.29, 0.717) is 25.6 Å². The van der Waals surface area contributed by atoms with Crippen LogP contribution in [0, 0.1) is 0 Å². The molecule has 25 heavy (non-hydrogen) atoms. The first-order chi connectivity index (χ1) is 12.2. The molecule has 0 radical (unpaired) electrons. The molecule has 1 aromatic carbocycles. The van der Waals surface area contributed by atoms with Gasteiger partial charge in [-0.1, -0.05) is 30.3 Å². The Labute approximate surface area is 147 Å². The van der Waals surface area contributed by atoms with E-state index in [9.17, 15) is 9.59 Å². The highest BCUT2D eigenvalue weighted by molar-refractivity contribution is 5.73. The summed E-state index contributed by atoms with van der Waals surface area (Å²) in [6.45, 7) is 1.45. The highest BCUT2D eigenvalue weighted by Crippen LogP contribution is 2.38. The monoisotopic (exact) mass is 340 g/mol. The average molecular weight is 340 g/mol. The van der Waals surface area contributed by atoms with Crippen LogP contribution in [0.3, 0.4) is 0 Å². The Balaban J connectivity index is 1.32. The molecule has 6 heteroatoms. The lowest BCUT2D eigenvalue weighted by atomic mass is 10.1. The Kier molecular flexibility index (Phi) is 5.82. The summed E-state index contributed by atoms with van der Waals surface area (Å²) in [4.78, 5) is 28.1. The topological polar surface area (TPSA) is 76.0 Å². The number of rotatable bonds is 8. The summed E-state index contributed by atoms with van der Waals surface area (Å²) in [7, 11) is 0. The van der Waals surface area contributed by atoms with Crippen molar-refractivity contribution in [1.82, 2.24) is 20.2 Å². The number of urea groups is 1. The molecule has 2 aromatic rings. The molecular weight excluding hydrogens is 316 g/mol. The molecule has 0 unspecified atom stereocenters. The van der Waals surface area contributed by atoms with Crippen molar-refractivity contribution in [3.8, 4) is 0 Å². The third-order valence-corrected chi connectivity index (χ3v) is 4.31. The molecule has 0 atom stereocenters. The summed E-state index contributed by atoms with van der Waals surface area (Å²) in [5.74, 6) is 0.474. The minimum absolute atomic E-state index is 0.0537. The smallest absolute Gasteiger partial charge is 0.314 e. The van der Waals surface area contributed by atoms with Crippen LogP contribution >= 0.6 is 0 Å². The fourth-order valence-electron chi connectivity index (χ4n) is 2.70. The number of aryl methyl sites for hydroxylation is 1. The molecule has 1 aliphatic carbocycles. The second-order valence-electron chi connectivity index (χ2n) is 6.39. The molecule has 1 saturated carbocycles. The average Bonchev–Trinajstić information content (AvgIpc) is 3.46. The summed E-state index contributed by atoms with van der Waals surface area (Å²) >= 11 is 0. The lowest BCUT2D eigenvalue weighted by Crippen LogP contribution is -2.38. The van der Waals surface area contributed by atoms with Gasteiger partial charge in [-0.25, -0.2) is 9.78 Å². The van der Waals surface area contributed by atoms with E-state index in [0.717, 1.165) is 31.4 Å². The van der Waals surface area contributed by atoms with E-state index in [2.05, 4.69) is 27.8 Å². The molecule has 0 saturated heterocycles. The van der Waals surface area contributed by atoms with Crippen molar-refractivity contribution in [2.45, 2.75) is 38.1 Å². The highest BCUT2D eigenvalue weighted by Gasteiger charge is 2.25. The van der Waals surface area contributed by atoms with Crippen molar-refractivity contribution in [2.24, 2.45) is 0 Å². The van der Waals surface area contributed by atoms with Crippen molar-refractivity contribution in [1.29, 1.82) is 0 Å². The third-order valence-electron chi connectivity index (χ3n) is 4.31. The second-order valence-corrected chi connectivity index (χ2v) is 6.39. The van der Waals surface area contributed by atoms with E-state index < -0.39 is 0 Å². The number of nitrogens with zero attached hydrogens (tertiary/aromatic N) is 2. The number of aromatic nitrogens is 2. The van der Waals surface area contributed by atoms with Crippen molar-refractivity contribution in [3.05, 3.63) is 64.3 Å². The van der Waals surface area contributed by atoms with E-state index >= 15 is 0 Å². The molecule has 2 N–H and O–H groups in total. The van der Waals surface area contributed by atoms with Gasteiger partial charge in [0.25, 0.3) is 5.56 Å². The maximum absolute atomic E-state index is 12.0. The van der Waals surface area contributed by atoms with E-state index in [1.165, 1.54) is 10.1 Å². The molecule has 0 spiro atoms. The van der Waals surface area contributed by atoms with Crippen LogP contribution in [0.5, 0.6) is 0 Å². The summed E-state index contributed by atoms with van der Waals surface area (Å²) in [5, 5.41) is 5.60. The van der Waals surface area contributed by atoms with Gasteiger partial charge in [-0.05, 0) is 31.2 Å². The fraction of sp³-hybridized carbons (Fsp3) is 0.421. The highest BCUT2D eigenvalue weighted by atomic mass is 16.2. The molecule has 1 heterocycles. The number of hydrogen-bond acceptors (Lipinski definition) is 3. The normalized spacial score (nSPS) is 13.4. The molecule has 0 aliphatic heterocycles. The molecule has 132 valence electrons. The Bertz CT molecular complexity index is 754. The number of carbonyl (C=O) groups excluding carboxylic acids is 1. The number of hydrogen-bond donors (Lipinski definition) is 2. The van der Waals surface area contributed by atoms with Crippen molar-refractivity contribution >= 4 is 6.03 Å². The molecule has 1 fully saturated rings. The van der Waals surface area contributed by atoms with Crippen LogP contribution < -0.4 is 16.2 Å². The largest absolute Gasteiger partial charge is 0.338 e. The minimum atomic E-state index is -0.205. The van der Waals surface area contributed by atoms with E-state index in [1.54, 1.807) is 12.4 Å². The predicted molar refractivity (Wildman–Crippen MR) is 96.6 cm³/mol. The second kappa shape index (κ2) is 8.46. The molecule has 3 rings (SSSR count). The van der Waals surface area contributed by atoms with Gasteiger partial charge in [-0.3, -0.25) is 9.36 Å². The first kappa shape index (κ1) is 17.2. The summed E-state index contributed by atoms with van der Waals surface area (Å²) in [5.41, 5.74) is 2.11. The summed E-state index contributed by atoms with van der Waals surface area (Å²) in [6, 6.07) is 11.6. The Morgan fingerprint density at radius 3 is 2.64 bits per heavy atom. The summed E-state index contributed by atoms with van der Waals surface area (Å²) in [6.07, 6.45) is 5.67. The standard InChI is InChI=1S/C19H24N4O2/c24-18-13-17(16-8-9-16)22-14-23(18)12-11-21-19(25)20-10-4-7-15-5-2-1-3-6-15/h1-3,5-6,13-14,16H,4,7-12H2,(H2,20,21,25). The predicted octanol–water partition coefficient (Wildman–Crippen LogP) is 2.05. The minimum Gasteiger partial charge on any atom is -0.338 e. The van der Waals surface area contributed by atoms with Gasteiger partial charge in [0.15, 0.2) is 0 Å². The quantitative estimate of drug-likeness (QED) is 0.722. The van der Waals surface area contributed by atoms with Crippen LogP contribution in [0.1, 0.15) is 36.4 Å². The zero-order chi connectivity index (χ0) is 17.5. The van der Waals surface area contributed by atoms with Crippen molar-refractivity contribution < 1.29 is 4.79 Å². The van der Waals surface area contributed by atoms with Crippen molar-refractivity contribution in [2.75, 3.05) is 13.1 Å². The van der Waals surface area contributed by atoms with E-state index in [4.69, 9.17) is 0 Å². The van der Waals surface area contributed by atoms with Crippen LogP contribution in [-0.4, -0.2) is 28.7 Å². The van der Waals surface area contributed by atoms with Crippen molar-refractivity contribution in [3.63, 3.8) is 0 Å². The number of carbonyl (C=O) groups is 1. The molecular formula is C19H24N4O2. The molecule has 1 aromatic heterocycles. The maximum atomic E-state index is 12.0. The number of benzene rings is 1. The van der Waals surface area contributed by atoms with Gasteiger partial charge in [-0.15, -0.1) is 0 Å². The van der Waals surface area contributed by atoms with E-state index in [1.807, 2.05) is 18.2 Å². The molecule has 6 nitrogen and oxygen atoms in total. The van der Waals surface area contributed by atoms with Gasteiger partial charge in [0.1, 0.15) is 0 Å². The number of amides is 2. The van der Waals surface area contributed by atoms with Crippen LogP contribution in [0.4, 0.5) is 4.79 Å². The van der Waals surface area contributed by atoms with Crippen LogP contribution in [0.25, 0.3) is 0 Å². The molecule has 0 bridgehead atoms. The van der Waals surface area contributed by atoms with Gasteiger partial charge < -0.3 is 10.6 Å². The molecule has 1 aliphatic rings. The van der Waals surface area contributed by atoms with E-state index in [-0.39, 0.29) is 11.6 Å². The van der Waals surface area contributed by atoms with Crippen LogP contribution in [-0.2, 0) is 13.0 Å². The first-order valence-electron chi connectivity index (χ1n) is 8.84. The first-order valence-corrected chi connectivity index (χ1v) is 8.84. The Hall–Kier alpha value is -2.63. The zero-order valence-electron chi connectivity index (χ0n) is 14.3. The van der Waals surface area contributed by atoms with Gasteiger partial charge in [0.2, 0.25) is 0 Å². The maximum Gasteiger partial charge on any atom is 0.314 e. The van der Waals surface area contributed by atoms with Gasteiger partial charge in [-0.2, -0.15) is 0 Å². The Morgan fingerprint density at radius 1 is 1.16 bits per heavy atom. The van der Waals surface area contributed by atoms with Crippen LogP contribution in [0.15, 0.2) is 47.5 Å². The lowest BCUT2D eigenvalue weighted by molar-refractivity contribution is 0.240.